The summed E-state index contributed by atoms with van der Waals surface area (Å²) >= 11 is 3.28. The van der Waals surface area contributed by atoms with E-state index in [4.69, 9.17) is 0 Å². The molecule has 27 heavy (non-hydrogen) atoms. The van der Waals surface area contributed by atoms with Gasteiger partial charge in [-0.05, 0) is 23.4 Å². The molecule has 6 nitrogen and oxygen atoms in total. The molecule has 2 aliphatic heterocycles. The largest absolute Gasteiger partial charge is 0.336 e. The zero-order chi connectivity index (χ0) is 18.4. The Balaban J connectivity index is 1.26. The van der Waals surface area contributed by atoms with E-state index in [1.807, 2.05) is 40.9 Å². The number of thioether (sulfide) groups is 1. The Morgan fingerprint density at radius 1 is 1.26 bits per heavy atom. The molecule has 0 saturated carbocycles. The summed E-state index contributed by atoms with van der Waals surface area (Å²) in [6.07, 6.45) is 0.924. The molecule has 1 amide bonds. The molecule has 0 aliphatic carbocycles. The third-order valence-electron chi connectivity index (χ3n) is 5.06. The van der Waals surface area contributed by atoms with Gasteiger partial charge in [0.25, 0.3) is 11.5 Å². The quantitative estimate of drug-likeness (QED) is 0.678. The van der Waals surface area contributed by atoms with E-state index in [1.54, 1.807) is 10.7 Å². The molecular formula is C19H18N4O2S2. The Morgan fingerprint density at radius 2 is 2.11 bits per heavy atom. The van der Waals surface area contributed by atoms with Gasteiger partial charge in [-0.2, -0.15) is 16.9 Å². The van der Waals surface area contributed by atoms with Crippen LogP contribution < -0.4 is 5.56 Å². The van der Waals surface area contributed by atoms with Crippen LogP contribution >= 0.6 is 23.1 Å². The number of para-hydroxylation sites is 1. The van der Waals surface area contributed by atoms with E-state index in [2.05, 4.69) is 10.1 Å². The molecular weight excluding hydrogens is 380 g/mol. The van der Waals surface area contributed by atoms with Crippen molar-refractivity contribution in [2.24, 2.45) is 5.92 Å². The summed E-state index contributed by atoms with van der Waals surface area (Å²) in [7, 11) is 0. The summed E-state index contributed by atoms with van der Waals surface area (Å²) in [4.78, 5) is 31.2. The fraction of sp³-hybridized carbons (Fsp3) is 0.368. The van der Waals surface area contributed by atoms with Crippen LogP contribution in [0.4, 0.5) is 0 Å². The van der Waals surface area contributed by atoms with Crippen molar-refractivity contribution >= 4 is 39.2 Å². The van der Waals surface area contributed by atoms with Gasteiger partial charge in [-0.1, -0.05) is 12.1 Å². The Bertz CT molecular complexity index is 1050. The lowest BCUT2D eigenvalue weighted by Crippen LogP contribution is -2.52. The number of amides is 1. The lowest BCUT2D eigenvalue weighted by molar-refractivity contribution is 0.0458. The van der Waals surface area contributed by atoms with Gasteiger partial charge in [0.15, 0.2) is 5.01 Å². The Hall–Kier alpha value is -2.19. The minimum atomic E-state index is -0.0350. The number of thiazole rings is 1. The van der Waals surface area contributed by atoms with E-state index in [1.165, 1.54) is 11.3 Å². The molecule has 1 saturated heterocycles. The van der Waals surface area contributed by atoms with E-state index < -0.39 is 0 Å². The first-order chi connectivity index (χ1) is 13.2. The summed E-state index contributed by atoms with van der Waals surface area (Å²) in [5, 5.41) is 5.11. The first-order valence-corrected chi connectivity index (χ1v) is 11.0. The van der Waals surface area contributed by atoms with Gasteiger partial charge in [0, 0.05) is 37.2 Å². The highest BCUT2D eigenvalue weighted by Crippen LogP contribution is 2.26. The molecule has 0 N–H and O–H groups in total. The van der Waals surface area contributed by atoms with Crippen LogP contribution in [0.3, 0.4) is 0 Å². The van der Waals surface area contributed by atoms with Crippen LogP contribution in [0.5, 0.6) is 0 Å². The number of carbonyl (C=O) groups excluding carboxylic acids is 1. The first kappa shape index (κ1) is 16.9. The minimum Gasteiger partial charge on any atom is -0.336 e. The molecule has 138 valence electrons. The van der Waals surface area contributed by atoms with Crippen LogP contribution in [0.25, 0.3) is 10.2 Å². The number of benzene rings is 1. The predicted molar refractivity (Wildman–Crippen MR) is 107 cm³/mol. The van der Waals surface area contributed by atoms with Crippen molar-refractivity contribution in [2.45, 2.75) is 18.7 Å². The molecule has 2 aromatic heterocycles. The molecule has 1 fully saturated rings. The van der Waals surface area contributed by atoms with Gasteiger partial charge in [0.05, 0.1) is 22.5 Å². The van der Waals surface area contributed by atoms with Crippen LogP contribution in [0.15, 0.2) is 35.1 Å². The number of carbonyl (C=O) groups is 1. The highest BCUT2D eigenvalue weighted by Gasteiger charge is 2.33. The molecule has 8 heteroatoms. The molecule has 0 atom stereocenters. The maximum absolute atomic E-state index is 12.6. The van der Waals surface area contributed by atoms with Crippen molar-refractivity contribution in [1.82, 2.24) is 19.7 Å². The van der Waals surface area contributed by atoms with Crippen molar-refractivity contribution < 1.29 is 4.79 Å². The van der Waals surface area contributed by atoms with Crippen LogP contribution in [-0.4, -0.2) is 44.4 Å². The third-order valence-corrected chi connectivity index (χ3v) is 7.09. The summed E-state index contributed by atoms with van der Waals surface area (Å²) in [5.74, 6) is 2.19. The normalized spacial score (nSPS) is 17.0. The van der Waals surface area contributed by atoms with Crippen molar-refractivity contribution in [3.05, 3.63) is 57.0 Å². The average Bonchev–Trinajstić information content (AvgIpc) is 3.08. The number of rotatable bonds is 3. The van der Waals surface area contributed by atoms with Crippen LogP contribution in [0, 0.1) is 5.92 Å². The molecule has 3 aromatic rings. The Kier molecular flexibility index (Phi) is 4.24. The summed E-state index contributed by atoms with van der Waals surface area (Å²) < 4.78 is 2.61. The minimum absolute atomic E-state index is 0.0183. The molecule has 0 radical (unpaired) electrons. The first-order valence-electron chi connectivity index (χ1n) is 9.00. The highest BCUT2D eigenvalue weighted by atomic mass is 32.2. The number of aryl methyl sites for hydroxylation is 1. The fourth-order valence-electron chi connectivity index (χ4n) is 3.58. The van der Waals surface area contributed by atoms with Gasteiger partial charge in [-0.3, -0.25) is 9.59 Å². The lowest BCUT2D eigenvalue weighted by atomic mass is 10.00. The van der Waals surface area contributed by atoms with Gasteiger partial charge in [0.1, 0.15) is 0 Å². The van der Waals surface area contributed by atoms with E-state index in [0.29, 0.717) is 24.6 Å². The van der Waals surface area contributed by atoms with E-state index in [-0.39, 0.29) is 17.4 Å². The average molecular weight is 399 g/mol. The number of likely N-dealkylation sites (tertiary alicyclic amines) is 1. The molecule has 4 heterocycles. The van der Waals surface area contributed by atoms with E-state index in [9.17, 15) is 9.59 Å². The van der Waals surface area contributed by atoms with Crippen LogP contribution in [0.1, 0.15) is 21.1 Å². The summed E-state index contributed by atoms with van der Waals surface area (Å²) in [5.41, 5.74) is 2.96. The van der Waals surface area contributed by atoms with Crippen LogP contribution in [-0.2, 0) is 18.7 Å². The standard InChI is InChI=1S/C19H18N4O2S2/c24-17-7-13-11-26-6-5-14(13)21-23(17)10-12-8-22(9-12)19(25)18-20-15-3-1-2-4-16(15)27-18/h1-4,7,12H,5-6,8-11H2. The molecule has 5 rings (SSSR count). The van der Waals surface area contributed by atoms with Gasteiger partial charge in [0.2, 0.25) is 0 Å². The zero-order valence-corrected chi connectivity index (χ0v) is 16.3. The second-order valence-corrected chi connectivity index (χ2v) is 9.14. The highest BCUT2D eigenvalue weighted by molar-refractivity contribution is 7.98. The number of nitrogens with zero attached hydrogens (tertiary/aromatic N) is 4. The van der Waals surface area contributed by atoms with E-state index in [0.717, 1.165) is 39.4 Å². The zero-order valence-electron chi connectivity index (χ0n) is 14.6. The Labute approximate surface area is 164 Å². The van der Waals surface area contributed by atoms with Gasteiger partial charge in [-0.25, -0.2) is 9.67 Å². The second-order valence-electron chi connectivity index (χ2n) is 7.00. The molecule has 0 spiro atoms. The van der Waals surface area contributed by atoms with Crippen molar-refractivity contribution in [3.63, 3.8) is 0 Å². The fourth-order valence-corrected chi connectivity index (χ4v) is 5.46. The summed E-state index contributed by atoms with van der Waals surface area (Å²) in [6, 6.07) is 9.52. The van der Waals surface area contributed by atoms with Crippen molar-refractivity contribution in [3.8, 4) is 0 Å². The predicted octanol–water partition coefficient (Wildman–Crippen LogP) is 2.41. The van der Waals surface area contributed by atoms with Gasteiger partial charge >= 0.3 is 0 Å². The van der Waals surface area contributed by atoms with Crippen LogP contribution in [0.2, 0.25) is 0 Å². The lowest BCUT2D eigenvalue weighted by Gasteiger charge is -2.38. The third kappa shape index (κ3) is 3.17. The SMILES string of the molecule is O=C(c1nc2ccccc2s1)N1CC(Cn2nc3c(cc2=O)CSCC3)C1. The number of hydrogen-bond acceptors (Lipinski definition) is 6. The topological polar surface area (TPSA) is 68.1 Å². The second kappa shape index (κ2) is 6.76. The molecule has 0 bridgehead atoms. The van der Waals surface area contributed by atoms with E-state index >= 15 is 0 Å². The maximum atomic E-state index is 12.6. The smallest absolute Gasteiger partial charge is 0.282 e. The maximum Gasteiger partial charge on any atom is 0.282 e. The molecule has 2 aliphatic rings. The van der Waals surface area contributed by atoms with Gasteiger partial charge in [-0.15, -0.1) is 11.3 Å². The number of aromatic nitrogens is 3. The number of hydrogen-bond donors (Lipinski definition) is 0. The van der Waals surface area contributed by atoms with Gasteiger partial charge < -0.3 is 4.90 Å². The number of fused-ring (bicyclic) bond motifs is 2. The molecule has 1 aromatic carbocycles. The van der Waals surface area contributed by atoms with Crippen molar-refractivity contribution in [1.29, 1.82) is 0 Å². The van der Waals surface area contributed by atoms with Crippen molar-refractivity contribution in [2.75, 3.05) is 18.8 Å². The Morgan fingerprint density at radius 3 is 2.96 bits per heavy atom. The molecule has 0 unspecified atom stereocenters. The summed E-state index contributed by atoms with van der Waals surface area (Å²) in [6.45, 7) is 1.87. The monoisotopic (exact) mass is 398 g/mol.